The first-order valence-corrected chi connectivity index (χ1v) is 8.99. The second kappa shape index (κ2) is 8.70. The molecule has 0 aliphatic carbocycles. The monoisotopic (exact) mass is 376 g/mol. The zero-order chi connectivity index (χ0) is 19.2. The first kappa shape index (κ1) is 18.9. The fourth-order valence-corrected chi connectivity index (χ4v) is 3.30. The predicted octanol–water partition coefficient (Wildman–Crippen LogP) is 1.22. The molecule has 9 nitrogen and oxygen atoms in total. The summed E-state index contributed by atoms with van der Waals surface area (Å²) in [7, 11) is 2.76. The van der Waals surface area contributed by atoms with Crippen molar-refractivity contribution < 1.29 is 23.5 Å². The van der Waals surface area contributed by atoms with E-state index in [1.54, 1.807) is 34.6 Å². The lowest BCUT2D eigenvalue weighted by Crippen LogP contribution is -2.33. The van der Waals surface area contributed by atoms with Crippen molar-refractivity contribution in [3.8, 4) is 0 Å². The van der Waals surface area contributed by atoms with Crippen LogP contribution in [0.15, 0.2) is 26.8 Å². The molecule has 0 saturated carbocycles. The van der Waals surface area contributed by atoms with E-state index < -0.39 is 0 Å². The Morgan fingerprint density at radius 2 is 1.41 bits per heavy atom. The Morgan fingerprint density at radius 1 is 0.963 bits per heavy atom. The maximum Gasteiger partial charge on any atom is 0.330 e. The van der Waals surface area contributed by atoms with E-state index in [0.29, 0.717) is 24.6 Å². The minimum atomic E-state index is -0.340. The Morgan fingerprint density at radius 3 is 1.81 bits per heavy atom. The second-order valence-corrected chi connectivity index (χ2v) is 6.42. The fourth-order valence-electron chi connectivity index (χ4n) is 3.30. The van der Waals surface area contributed by atoms with Crippen molar-refractivity contribution in [2.75, 3.05) is 27.3 Å². The van der Waals surface area contributed by atoms with Crippen LogP contribution in [-0.2, 0) is 19.1 Å². The molecule has 146 valence electrons. The van der Waals surface area contributed by atoms with E-state index in [2.05, 4.69) is 10.2 Å². The number of ether oxygens (including phenoxy) is 2. The fraction of sp³-hybridized carbons (Fsp3) is 0.556. The van der Waals surface area contributed by atoms with Gasteiger partial charge in [-0.15, -0.1) is 0 Å². The summed E-state index contributed by atoms with van der Waals surface area (Å²) in [6.45, 7) is 1.41. The van der Waals surface area contributed by atoms with Gasteiger partial charge >= 0.3 is 11.9 Å². The summed E-state index contributed by atoms with van der Waals surface area (Å²) in [5.41, 5.74) is 0. The first-order valence-electron chi connectivity index (χ1n) is 8.99. The smallest absolute Gasteiger partial charge is 0.330 e. The van der Waals surface area contributed by atoms with E-state index in [-0.39, 0.29) is 24.0 Å². The Balaban J connectivity index is 1.60. The summed E-state index contributed by atoms with van der Waals surface area (Å²) in [5.74, 6) is 0.557. The third-order valence-corrected chi connectivity index (χ3v) is 4.71. The zero-order valence-corrected chi connectivity index (χ0v) is 15.5. The molecule has 2 aliphatic heterocycles. The molecular weight excluding hydrogens is 352 g/mol. The summed E-state index contributed by atoms with van der Waals surface area (Å²) < 4.78 is 15.3. The van der Waals surface area contributed by atoms with Gasteiger partial charge in [-0.3, -0.25) is 10.0 Å². The quantitative estimate of drug-likeness (QED) is 0.544. The van der Waals surface area contributed by atoms with Gasteiger partial charge in [0.05, 0.1) is 26.6 Å². The molecule has 0 radical (unpaired) electrons. The predicted molar refractivity (Wildman–Crippen MR) is 97.4 cm³/mol. The number of esters is 2. The van der Waals surface area contributed by atoms with Crippen molar-refractivity contribution in [3.63, 3.8) is 0 Å². The average molecular weight is 376 g/mol. The highest BCUT2D eigenvalue weighted by molar-refractivity contribution is 5.81. The lowest BCUT2D eigenvalue weighted by Gasteiger charge is -2.18. The molecule has 2 saturated heterocycles. The molecule has 2 aliphatic rings. The maximum absolute atomic E-state index is 11.7. The van der Waals surface area contributed by atoms with Crippen LogP contribution >= 0.6 is 0 Å². The standard InChI is InChI=1S/C18H24N4O5/c1-25-17(23)15-5-3-9-21(15)19-11-13-7-8-14(27-13)12-20-22-10-4-6-16(22)18(24)26-2/h7-8,11-12,15-16H,3-6,9-10H2,1-2H3/b19-11-,20-12+/t15-,16-/m0/s1. The number of nitrogens with zero attached hydrogens (tertiary/aromatic N) is 4. The van der Waals surface area contributed by atoms with Crippen molar-refractivity contribution in [1.82, 2.24) is 10.0 Å². The van der Waals surface area contributed by atoms with Crippen molar-refractivity contribution in [1.29, 1.82) is 0 Å². The molecular formula is C18H24N4O5. The van der Waals surface area contributed by atoms with Crippen LogP contribution in [0.1, 0.15) is 37.2 Å². The van der Waals surface area contributed by atoms with E-state index in [0.717, 1.165) is 25.7 Å². The van der Waals surface area contributed by atoms with Gasteiger partial charge in [0.15, 0.2) is 0 Å². The number of furan rings is 1. The van der Waals surface area contributed by atoms with Crippen LogP contribution in [0.3, 0.4) is 0 Å². The van der Waals surface area contributed by atoms with Crippen LogP contribution in [-0.4, -0.2) is 73.8 Å². The molecule has 9 heteroatoms. The van der Waals surface area contributed by atoms with Gasteiger partial charge < -0.3 is 13.9 Å². The zero-order valence-electron chi connectivity index (χ0n) is 15.5. The molecule has 27 heavy (non-hydrogen) atoms. The average Bonchev–Trinajstić information content (AvgIpc) is 3.43. The number of hydrazone groups is 2. The highest BCUT2D eigenvalue weighted by Gasteiger charge is 2.31. The molecule has 2 fully saturated rings. The van der Waals surface area contributed by atoms with E-state index in [9.17, 15) is 9.59 Å². The molecule has 0 amide bonds. The number of carbonyl (C=O) groups is 2. The highest BCUT2D eigenvalue weighted by atomic mass is 16.5. The SMILES string of the molecule is COC(=O)[C@@H]1CCCN1/N=C\c1ccc(/C=N/N2CCC[C@H]2C(=O)OC)o1. The van der Waals surface area contributed by atoms with Crippen LogP contribution < -0.4 is 0 Å². The van der Waals surface area contributed by atoms with Gasteiger partial charge in [0.1, 0.15) is 23.6 Å². The molecule has 2 atom stereocenters. The van der Waals surface area contributed by atoms with Crippen molar-refractivity contribution in [2.24, 2.45) is 10.2 Å². The van der Waals surface area contributed by atoms with Gasteiger partial charge in [0.25, 0.3) is 0 Å². The summed E-state index contributed by atoms with van der Waals surface area (Å²) in [5, 5.41) is 12.1. The number of rotatable bonds is 6. The lowest BCUT2D eigenvalue weighted by atomic mass is 10.2. The third-order valence-electron chi connectivity index (χ3n) is 4.71. The molecule has 3 heterocycles. The largest absolute Gasteiger partial charge is 0.467 e. The van der Waals surface area contributed by atoms with Crippen LogP contribution in [0, 0.1) is 0 Å². The number of hydrogen-bond acceptors (Lipinski definition) is 9. The Bertz CT molecular complexity index is 671. The normalized spacial score (nSPS) is 22.9. The topological polar surface area (TPSA) is 96.9 Å². The highest BCUT2D eigenvalue weighted by Crippen LogP contribution is 2.20. The van der Waals surface area contributed by atoms with Gasteiger partial charge in [0.2, 0.25) is 0 Å². The molecule has 0 N–H and O–H groups in total. The van der Waals surface area contributed by atoms with E-state index >= 15 is 0 Å². The van der Waals surface area contributed by atoms with E-state index in [4.69, 9.17) is 13.9 Å². The molecule has 0 unspecified atom stereocenters. The van der Waals surface area contributed by atoms with E-state index in [1.165, 1.54) is 14.2 Å². The lowest BCUT2D eigenvalue weighted by molar-refractivity contribution is -0.146. The summed E-state index contributed by atoms with van der Waals surface area (Å²) in [6.07, 6.45) is 6.40. The van der Waals surface area contributed by atoms with Crippen LogP contribution in [0.2, 0.25) is 0 Å². The van der Waals surface area contributed by atoms with Crippen molar-refractivity contribution in [3.05, 3.63) is 23.7 Å². The Hall–Kier alpha value is -2.84. The van der Waals surface area contributed by atoms with Gasteiger partial charge in [-0.25, -0.2) is 9.59 Å². The number of methoxy groups -OCH3 is 2. The first-order chi connectivity index (χ1) is 13.1. The van der Waals surface area contributed by atoms with Gasteiger partial charge in [-0.1, -0.05) is 0 Å². The maximum atomic E-state index is 11.7. The summed E-state index contributed by atoms with van der Waals surface area (Å²) >= 11 is 0. The summed E-state index contributed by atoms with van der Waals surface area (Å²) in [4.78, 5) is 23.5. The van der Waals surface area contributed by atoms with Crippen molar-refractivity contribution in [2.45, 2.75) is 37.8 Å². The van der Waals surface area contributed by atoms with Crippen LogP contribution in [0.5, 0.6) is 0 Å². The van der Waals surface area contributed by atoms with Gasteiger partial charge in [-0.2, -0.15) is 10.2 Å². The minimum absolute atomic E-state index is 0.275. The Kier molecular flexibility index (Phi) is 6.10. The van der Waals surface area contributed by atoms with Crippen LogP contribution in [0.4, 0.5) is 0 Å². The van der Waals surface area contributed by atoms with Crippen molar-refractivity contribution >= 4 is 24.4 Å². The number of hydrogen-bond donors (Lipinski definition) is 0. The molecule has 3 rings (SSSR count). The third kappa shape index (κ3) is 4.47. The minimum Gasteiger partial charge on any atom is -0.467 e. The van der Waals surface area contributed by atoms with Gasteiger partial charge in [0, 0.05) is 13.1 Å². The number of carbonyl (C=O) groups excluding carboxylic acids is 2. The second-order valence-electron chi connectivity index (χ2n) is 6.42. The summed E-state index contributed by atoms with van der Waals surface area (Å²) in [6, 6.07) is 2.87. The Labute approximate surface area is 157 Å². The molecule has 0 spiro atoms. The van der Waals surface area contributed by atoms with Gasteiger partial charge in [-0.05, 0) is 37.8 Å². The molecule has 0 bridgehead atoms. The molecule has 1 aromatic rings. The molecule has 0 aromatic carbocycles. The molecule has 1 aromatic heterocycles. The van der Waals surface area contributed by atoms with Crippen LogP contribution in [0.25, 0.3) is 0 Å². The van der Waals surface area contributed by atoms with E-state index in [1.807, 2.05) is 0 Å².